The summed E-state index contributed by atoms with van der Waals surface area (Å²) in [6.45, 7) is 0. The second kappa shape index (κ2) is 5.14. The van der Waals surface area contributed by atoms with Crippen molar-refractivity contribution in [1.29, 1.82) is 0 Å². The molecule has 3 heterocycles. The standard InChI is InChI=1S/C17H11ClN2O3/c1-22-12-3-4-15-10(6-12)7-13(17(21)23-15)14-9-20-8-11(18)2-5-16(20)19-14/h2-9H,1H3. The molecule has 0 aliphatic heterocycles. The van der Waals surface area contributed by atoms with Gasteiger partial charge in [0.2, 0.25) is 0 Å². The quantitative estimate of drug-likeness (QED) is 0.526. The molecule has 0 N–H and O–H groups in total. The van der Waals surface area contributed by atoms with Crippen molar-refractivity contribution in [3.8, 4) is 17.0 Å². The number of ether oxygens (including phenoxy) is 1. The highest BCUT2D eigenvalue weighted by atomic mass is 35.5. The van der Waals surface area contributed by atoms with Crippen LogP contribution in [-0.2, 0) is 0 Å². The molecule has 114 valence electrons. The normalized spacial score (nSPS) is 11.2. The van der Waals surface area contributed by atoms with Crippen LogP contribution in [0.2, 0.25) is 5.02 Å². The lowest BCUT2D eigenvalue weighted by Gasteiger charge is -2.02. The van der Waals surface area contributed by atoms with Crippen LogP contribution in [0.5, 0.6) is 5.75 Å². The average molecular weight is 327 g/mol. The maximum atomic E-state index is 12.3. The number of aromatic nitrogens is 2. The highest BCUT2D eigenvalue weighted by molar-refractivity contribution is 6.30. The average Bonchev–Trinajstić information content (AvgIpc) is 2.96. The fourth-order valence-electron chi connectivity index (χ4n) is 2.50. The topological polar surface area (TPSA) is 56.7 Å². The molecule has 0 atom stereocenters. The summed E-state index contributed by atoms with van der Waals surface area (Å²) in [4.78, 5) is 16.7. The Balaban J connectivity index is 1.95. The molecule has 0 radical (unpaired) electrons. The van der Waals surface area contributed by atoms with Crippen LogP contribution in [0.15, 0.2) is 58.0 Å². The first-order valence-corrected chi connectivity index (χ1v) is 7.28. The third-order valence-electron chi connectivity index (χ3n) is 3.63. The van der Waals surface area contributed by atoms with Gasteiger partial charge in [-0.1, -0.05) is 11.6 Å². The van der Waals surface area contributed by atoms with E-state index in [1.165, 1.54) is 0 Å². The molecule has 0 amide bonds. The number of fused-ring (bicyclic) bond motifs is 2. The second-order valence-electron chi connectivity index (χ2n) is 5.09. The van der Waals surface area contributed by atoms with Crippen molar-refractivity contribution < 1.29 is 9.15 Å². The van der Waals surface area contributed by atoms with E-state index in [1.807, 2.05) is 6.07 Å². The van der Waals surface area contributed by atoms with E-state index in [-0.39, 0.29) is 0 Å². The Morgan fingerprint density at radius 2 is 2.04 bits per heavy atom. The van der Waals surface area contributed by atoms with Crippen molar-refractivity contribution >= 4 is 28.2 Å². The number of hydrogen-bond acceptors (Lipinski definition) is 4. The zero-order chi connectivity index (χ0) is 16.0. The molecule has 1 aromatic carbocycles. The summed E-state index contributed by atoms with van der Waals surface area (Å²) in [7, 11) is 1.59. The van der Waals surface area contributed by atoms with Gasteiger partial charge in [0, 0.05) is 17.8 Å². The molecular weight excluding hydrogens is 316 g/mol. The summed E-state index contributed by atoms with van der Waals surface area (Å²) >= 11 is 5.97. The third-order valence-corrected chi connectivity index (χ3v) is 3.85. The van der Waals surface area contributed by atoms with Crippen LogP contribution in [0, 0.1) is 0 Å². The van der Waals surface area contributed by atoms with Crippen molar-refractivity contribution in [3.05, 3.63) is 64.2 Å². The number of methoxy groups -OCH3 is 1. The van der Waals surface area contributed by atoms with Gasteiger partial charge in [0.25, 0.3) is 0 Å². The highest BCUT2D eigenvalue weighted by Crippen LogP contribution is 2.24. The van der Waals surface area contributed by atoms with Gasteiger partial charge in [-0.05, 0) is 36.4 Å². The van der Waals surface area contributed by atoms with Gasteiger partial charge in [0.05, 0.1) is 23.4 Å². The lowest BCUT2D eigenvalue weighted by molar-refractivity contribution is 0.415. The Bertz CT molecular complexity index is 1100. The monoisotopic (exact) mass is 326 g/mol. The van der Waals surface area contributed by atoms with Crippen molar-refractivity contribution in [3.63, 3.8) is 0 Å². The molecular formula is C17H11ClN2O3. The number of hydrogen-bond donors (Lipinski definition) is 0. The van der Waals surface area contributed by atoms with E-state index in [1.54, 1.807) is 54.2 Å². The van der Waals surface area contributed by atoms with Crippen LogP contribution in [0.1, 0.15) is 0 Å². The van der Waals surface area contributed by atoms with E-state index in [0.29, 0.717) is 33.3 Å². The van der Waals surface area contributed by atoms with Gasteiger partial charge in [-0.25, -0.2) is 9.78 Å². The van der Waals surface area contributed by atoms with Gasteiger partial charge in [-0.3, -0.25) is 0 Å². The number of benzene rings is 1. The van der Waals surface area contributed by atoms with Gasteiger partial charge in [0.15, 0.2) is 0 Å². The SMILES string of the molecule is COc1ccc2oc(=O)c(-c3cn4cc(Cl)ccc4n3)cc2c1. The molecule has 0 aliphatic carbocycles. The lowest BCUT2D eigenvalue weighted by atomic mass is 10.1. The fraction of sp³-hybridized carbons (Fsp3) is 0.0588. The summed E-state index contributed by atoms with van der Waals surface area (Å²) in [5.74, 6) is 0.694. The molecule has 6 heteroatoms. The number of halogens is 1. The van der Waals surface area contributed by atoms with Crippen LogP contribution in [0.4, 0.5) is 0 Å². The molecule has 0 saturated carbocycles. The molecule has 0 spiro atoms. The van der Waals surface area contributed by atoms with Gasteiger partial charge in [0.1, 0.15) is 17.0 Å². The molecule has 0 saturated heterocycles. The van der Waals surface area contributed by atoms with E-state index in [0.717, 1.165) is 5.39 Å². The lowest BCUT2D eigenvalue weighted by Crippen LogP contribution is -2.02. The summed E-state index contributed by atoms with van der Waals surface area (Å²) in [6.07, 6.45) is 3.48. The molecule has 4 aromatic rings. The van der Waals surface area contributed by atoms with Gasteiger partial charge < -0.3 is 13.6 Å². The minimum absolute atomic E-state index is 0.394. The van der Waals surface area contributed by atoms with Crippen LogP contribution in [-0.4, -0.2) is 16.5 Å². The Kier molecular flexibility index (Phi) is 3.09. The fourth-order valence-corrected chi connectivity index (χ4v) is 2.67. The van der Waals surface area contributed by atoms with E-state index >= 15 is 0 Å². The van der Waals surface area contributed by atoms with E-state index in [2.05, 4.69) is 4.98 Å². The summed E-state index contributed by atoms with van der Waals surface area (Å²) < 4.78 is 12.4. The molecule has 0 bridgehead atoms. The largest absolute Gasteiger partial charge is 0.497 e. The summed E-state index contributed by atoms with van der Waals surface area (Å²) in [5, 5.41) is 1.37. The molecule has 5 nitrogen and oxygen atoms in total. The zero-order valence-corrected chi connectivity index (χ0v) is 12.9. The molecule has 4 rings (SSSR count). The minimum Gasteiger partial charge on any atom is -0.497 e. The Morgan fingerprint density at radius 1 is 1.17 bits per heavy atom. The minimum atomic E-state index is -0.433. The van der Waals surface area contributed by atoms with E-state index in [9.17, 15) is 4.79 Å². The number of pyridine rings is 1. The molecule has 3 aromatic heterocycles. The summed E-state index contributed by atoms with van der Waals surface area (Å²) in [5.41, 5.74) is 1.70. The van der Waals surface area contributed by atoms with Gasteiger partial charge in [-0.15, -0.1) is 0 Å². The first-order valence-electron chi connectivity index (χ1n) is 6.90. The predicted molar refractivity (Wildman–Crippen MR) is 88.2 cm³/mol. The number of nitrogens with zero attached hydrogens (tertiary/aromatic N) is 2. The Morgan fingerprint density at radius 3 is 2.87 bits per heavy atom. The van der Waals surface area contributed by atoms with Crippen LogP contribution in [0.25, 0.3) is 27.9 Å². The molecule has 0 aliphatic rings. The van der Waals surface area contributed by atoms with Crippen LogP contribution in [0.3, 0.4) is 0 Å². The highest BCUT2D eigenvalue weighted by Gasteiger charge is 2.12. The van der Waals surface area contributed by atoms with Crippen LogP contribution >= 0.6 is 11.6 Å². The summed E-state index contributed by atoms with van der Waals surface area (Å²) in [6, 6.07) is 10.6. The molecule has 0 fully saturated rings. The smallest absolute Gasteiger partial charge is 0.345 e. The van der Waals surface area contributed by atoms with Gasteiger partial charge in [-0.2, -0.15) is 0 Å². The van der Waals surface area contributed by atoms with Crippen molar-refractivity contribution in [1.82, 2.24) is 9.38 Å². The molecule has 23 heavy (non-hydrogen) atoms. The first kappa shape index (κ1) is 13.8. The van der Waals surface area contributed by atoms with E-state index in [4.69, 9.17) is 20.8 Å². The third kappa shape index (κ3) is 2.35. The van der Waals surface area contributed by atoms with Crippen molar-refractivity contribution in [2.75, 3.05) is 7.11 Å². The zero-order valence-electron chi connectivity index (χ0n) is 12.1. The van der Waals surface area contributed by atoms with Gasteiger partial charge >= 0.3 is 5.63 Å². The second-order valence-corrected chi connectivity index (χ2v) is 5.53. The maximum absolute atomic E-state index is 12.3. The predicted octanol–water partition coefficient (Wildman–Crippen LogP) is 3.77. The molecule has 0 unspecified atom stereocenters. The number of imidazole rings is 1. The van der Waals surface area contributed by atoms with Crippen LogP contribution < -0.4 is 10.4 Å². The van der Waals surface area contributed by atoms with Crippen molar-refractivity contribution in [2.45, 2.75) is 0 Å². The van der Waals surface area contributed by atoms with E-state index < -0.39 is 5.63 Å². The maximum Gasteiger partial charge on any atom is 0.345 e. The first-order chi connectivity index (χ1) is 11.1. The Hall–Kier alpha value is -2.79. The Labute approximate surface area is 135 Å². The van der Waals surface area contributed by atoms with Crippen molar-refractivity contribution in [2.24, 2.45) is 0 Å². The number of rotatable bonds is 2.